The van der Waals surface area contributed by atoms with Crippen molar-refractivity contribution in [3.63, 3.8) is 0 Å². The Kier molecular flexibility index (Phi) is 4.89. The molecule has 3 heterocycles. The zero-order chi connectivity index (χ0) is 16.4. The summed E-state index contributed by atoms with van der Waals surface area (Å²) in [6.07, 6.45) is 3.75. The summed E-state index contributed by atoms with van der Waals surface area (Å²) >= 11 is 1.57. The lowest BCUT2D eigenvalue weighted by Gasteiger charge is -2.33. The topological polar surface area (TPSA) is 71.3 Å². The molecule has 0 unspecified atom stereocenters. The van der Waals surface area contributed by atoms with Crippen LogP contribution < -0.4 is 0 Å². The summed E-state index contributed by atoms with van der Waals surface area (Å²) < 4.78 is 2.08. The smallest absolute Gasteiger partial charge is 0.242 e. The van der Waals surface area contributed by atoms with E-state index in [2.05, 4.69) is 28.6 Å². The molecule has 0 N–H and O–H groups in total. The van der Waals surface area contributed by atoms with E-state index in [0.29, 0.717) is 24.2 Å². The Labute approximate surface area is 140 Å². The SMILES string of the molecule is CC(C)n1cnnc1[C@@H]1CCCN(C(=O)CN2CSCC2=O)C1. The van der Waals surface area contributed by atoms with Gasteiger partial charge in [-0.3, -0.25) is 9.59 Å². The maximum Gasteiger partial charge on any atom is 0.242 e. The number of aromatic nitrogens is 3. The normalized spacial score (nSPS) is 22.2. The van der Waals surface area contributed by atoms with Crippen molar-refractivity contribution < 1.29 is 9.59 Å². The fourth-order valence-electron chi connectivity index (χ4n) is 3.16. The first-order chi connectivity index (χ1) is 11.1. The van der Waals surface area contributed by atoms with Crippen LogP contribution in [0.25, 0.3) is 0 Å². The molecular weight excluding hydrogens is 314 g/mol. The predicted molar refractivity (Wildman–Crippen MR) is 88.0 cm³/mol. The van der Waals surface area contributed by atoms with Crippen LogP contribution in [0.2, 0.25) is 0 Å². The molecule has 0 bridgehead atoms. The summed E-state index contributed by atoms with van der Waals surface area (Å²) in [4.78, 5) is 27.7. The van der Waals surface area contributed by atoms with E-state index in [1.54, 1.807) is 23.0 Å². The average molecular weight is 337 g/mol. The number of carbonyl (C=O) groups excluding carboxylic acids is 2. The van der Waals surface area contributed by atoms with E-state index < -0.39 is 0 Å². The van der Waals surface area contributed by atoms with Crippen LogP contribution in [0.3, 0.4) is 0 Å². The van der Waals surface area contributed by atoms with E-state index in [4.69, 9.17) is 0 Å². The maximum absolute atomic E-state index is 12.5. The molecule has 0 radical (unpaired) electrons. The maximum atomic E-state index is 12.5. The molecule has 2 saturated heterocycles. The summed E-state index contributed by atoms with van der Waals surface area (Å²) in [5, 5.41) is 8.31. The van der Waals surface area contributed by atoms with Crippen LogP contribution in [0, 0.1) is 0 Å². The standard InChI is InChI=1S/C15H23N5O2S/c1-11(2)20-9-16-17-15(20)12-4-3-5-18(6-12)13(21)7-19-10-23-8-14(19)22/h9,11-12H,3-8,10H2,1-2H3/t12-/m1/s1. The lowest BCUT2D eigenvalue weighted by molar-refractivity contribution is -0.138. The first-order valence-corrected chi connectivity index (χ1v) is 9.24. The third kappa shape index (κ3) is 3.52. The van der Waals surface area contributed by atoms with Crippen LogP contribution in [-0.4, -0.2) is 67.6 Å². The van der Waals surface area contributed by atoms with Crippen molar-refractivity contribution in [2.24, 2.45) is 0 Å². The van der Waals surface area contributed by atoms with Gasteiger partial charge in [0.05, 0.1) is 11.6 Å². The highest BCUT2D eigenvalue weighted by Crippen LogP contribution is 2.27. The van der Waals surface area contributed by atoms with E-state index >= 15 is 0 Å². The van der Waals surface area contributed by atoms with Crippen LogP contribution in [0.1, 0.15) is 44.5 Å². The number of rotatable bonds is 4. The molecule has 0 aromatic carbocycles. The summed E-state index contributed by atoms with van der Waals surface area (Å²) in [5.41, 5.74) is 0. The second-order valence-corrected chi connectivity index (χ2v) is 7.39. The molecule has 7 nitrogen and oxygen atoms in total. The number of carbonyl (C=O) groups is 2. The number of hydrogen-bond donors (Lipinski definition) is 0. The van der Waals surface area contributed by atoms with Crippen molar-refractivity contribution in [1.29, 1.82) is 0 Å². The first kappa shape index (κ1) is 16.3. The van der Waals surface area contributed by atoms with Gasteiger partial charge in [-0.1, -0.05) is 0 Å². The van der Waals surface area contributed by atoms with Crippen LogP contribution in [-0.2, 0) is 9.59 Å². The zero-order valence-corrected chi connectivity index (χ0v) is 14.5. The van der Waals surface area contributed by atoms with Gasteiger partial charge in [-0.15, -0.1) is 22.0 Å². The minimum Gasteiger partial charge on any atom is -0.340 e. The second-order valence-electron chi connectivity index (χ2n) is 6.44. The predicted octanol–water partition coefficient (Wildman–Crippen LogP) is 1.10. The summed E-state index contributed by atoms with van der Waals surface area (Å²) in [5.74, 6) is 2.42. The van der Waals surface area contributed by atoms with Gasteiger partial charge in [0.25, 0.3) is 0 Å². The molecule has 3 rings (SSSR count). The minimum absolute atomic E-state index is 0.0427. The Bertz CT molecular complexity index is 588. The minimum atomic E-state index is 0.0427. The first-order valence-electron chi connectivity index (χ1n) is 8.09. The van der Waals surface area contributed by atoms with Crippen molar-refractivity contribution >= 4 is 23.6 Å². The van der Waals surface area contributed by atoms with E-state index in [0.717, 1.165) is 25.2 Å². The van der Waals surface area contributed by atoms with Crippen molar-refractivity contribution in [2.45, 2.75) is 38.6 Å². The quantitative estimate of drug-likeness (QED) is 0.823. The Balaban J connectivity index is 1.64. The molecule has 2 amide bonds. The Morgan fingerprint density at radius 3 is 3.00 bits per heavy atom. The van der Waals surface area contributed by atoms with Crippen LogP contribution in [0.15, 0.2) is 6.33 Å². The van der Waals surface area contributed by atoms with Crippen LogP contribution >= 0.6 is 11.8 Å². The van der Waals surface area contributed by atoms with Gasteiger partial charge in [0.2, 0.25) is 11.8 Å². The summed E-state index contributed by atoms with van der Waals surface area (Å²) in [6, 6.07) is 0.310. The van der Waals surface area contributed by atoms with Crippen molar-refractivity contribution in [3.8, 4) is 0 Å². The van der Waals surface area contributed by atoms with Gasteiger partial charge in [-0.25, -0.2) is 0 Å². The van der Waals surface area contributed by atoms with Gasteiger partial charge in [-0.2, -0.15) is 0 Å². The number of nitrogens with zero attached hydrogens (tertiary/aromatic N) is 5. The van der Waals surface area contributed by atoms with E-state index in [1.807, 2.05) is 4.90 Å². The molecule has 23 heavy (non-hydrogen) atoms. The van der Waals surface area contributed by atoms with E-state index in [9.17, 15) is 9.59 Å². The molecule has 1 aromatic heterocycles. The highest BCUT2D eigenvalue weighted by Gasteiger charge is 2.30. The molecule has 126 valence electrons. The zero-order valence-electron chi connectivity index (χ0n) is 13.6. The largest absolute Gasteiger partial charge is 0.340 e. The summed E-state index contributed by atoms with van der Waals surface area (Å²) in [7, 11) is 0. The average Bonchev–Trinajstić information content (AvgIpc) is 3.17. The molecular formula is C15H23N5O2S. The van der Waals surface area contributed by atoms with Gasteiger partial charge < -0.3 is 14.4 Å². The molecule has 1 aromatic rings. The lowest BCUT2D eigenvalue weighted by atomic mass is 9.96. The Morgan fingerprint density at radius 1 is 1.48 bits per heavy atom. The Hall–Kier alpha value is -1.57. The van der Waals surface area contributed by atoms with E-state index in [-0.39, 0.29) is 24.3 Å². The highest BCUT2D eigenvalue weighted by atomic mass is 32.2. The van der Waals surface area contributed by atoms with Crippen molar-refractivity contribution in [2.75, 3.05) is 31.3 Å². The molecule has 0 aliphatic carbocycles. The van der Waals surface area contributed by atoms with Crippen LogP contribution in [0.4, 0.5) is 0 Å². The molecule has 2 fully saturated rings. The van der Waals surface area contributed by atoms with Gasteiger partial charge in [-0.05, 0) is 26.7 Å². The second kappa shape index (κ2) is 6.90. The third-order valence-electron chi connectivity index (χ3n) is 4.45. The highest BCUT2D eigenvalue weighted by molar-refractivity contribution is 8.00. The molecule has 0 saturated carbocycles. The number of thioether (sulfide) groups is 1. The fraction of sp³-hybridized carbons (Fsp3) is 0.733. The van der Waals surface area contributed by atoms with Crippen LogP contribution in [0.5, 0.6) is 0 Å². The van der Waals surface area contributed by atoms with Crippen molar-refractivity contribution in [1.82, 2.24) is 24.6 Å². The summed E-state index contributed by atoms with van der Waals surface area (Å²) in [6.45, 7) is 5.85. The third-order valence-corrected chi connectivity index (χ3v) is 5.39. The van der Waals surface area contributed by atoms with Gasteiger partial charge in [0.1, 0.15) is 18.7 Å². The molecule has 8 heteroatoms. The van der Waals surface area contributed by atoms with Gasteiger partial charge >= 0.3 is 0 Å². The molecule has 2 aliphatic heterocycles. The molecule has 2 aliphatic rings. The lowest BCUT2D eigenvalue weighted by Crippen LogP contribution is -2.45. The fourth-order valence-corrected chi connectivity index (χ4v) is 4.06. The monoisotopic (exact) mass is 337 g/mol. The van der Waals surface area contributed by atoms with Gasteiger partial charge in [0, 0.05) is 25.0 Å². The number of likely N-dealkylation sites (tertiary alicyclic amines) is 1. The molecule has 0 spiro atoms. The van der Waals surface area contributed by atoms with E-state index in [1.165, 1.54) is 0 Å². The Morgan fingerprint density at radius 2 is 2.30 bits per heavy atom. The number of piperidine rings is 1. The molecule has 1 atom stereocenters. The number of amides is 2. The number of hydrogen-bond acceptors (Lipinski definition) is 5. The van der Waals surface area contributed by atoms with Gasteiger partial charge in [0.15, 0.2) is 0 Å². The van der Waals surface area contributed by atoms with Crippen molar-refractivity contribution in [3.05, 3.63) is 12.2 Å².